The number of anilines is 1. The molecule has 0 aliphatic heterocycles. The second kappa shape index (κ2) is 14.4. The number of carbonyl (C=O) groups is 2. The fourth-order valence-corrected chi connectivity index (χ4v) is 6.48. The molecule has 0 spiro atoms. The number of nitrogens with zero attached hydrogens (tertiary/aromatic N) is 2. The summed E-state index contributed by atoms with van der Waals surface area (Å²) >= 11 is 6.33. The first-order valence-electron chi connectivity index (χ1n) is 14.1. The Bertz CT molecular complexity index is 1710. The van der Waals surface area contributed by atoms with E-state index in [1.165, 1.54) is 37.3 Å². The molecule has 230 valence electrons. The summed E-state index contributed by atoms with van der Waals surface area (Å²) < 4.78 is 35.0. The first-order chi connectivity index (χ1) is 21.0. The Morgan fingerprint density at radius 1 is 0.909 bits per heavy atom. The minimum Gasteiger partial charge on any atom is -0.495 e. The van der Waals surface area contributed by atoms with Crippen molar-refractivity contribution >= 4 is 39.1 Å². The van der Waals surface area contributed by atoms with Crippen LogP contribution in [-0.2, 0) is 32.6 Å². The van der Waals surface area contributed by atoms with E-state index >= 15 is 0 Å². The third-order valence-electron chi connectivity index (χ3n) is 7.42. The van der Waals surface area contributed by atoms with Crippen LogP contribution in [0.15, 0.2) is 102 Å². The number of aryl methyl sites for hydroxylation is 2. The number of methoxy groups -OCH3 is 1. The van der Waals surface area contributed by atoms with Crippen molar-refractivity contribution in [3.8, 4) is 5.75 Å². The Balaban J connectivity index is 1.85. The van der Waals surface area contributed by atoms with Gasteiger partial charge in [-0.2, -0.15) is 0 Å². The molecule has 0 saturated carbocycles. The molecule has 4 aromatic carbocycles. The quantitative estimate of drug-likeness (QED) is 0.221. The van der Waals surface area contributed by atoms with Crippen LogP contribution in [0.25, 0.3) is 0 Å². The number of rotatable bonds is 12. The second-order valence-electron chi connectivity index (χ2n) is 10.4. The van der Waals surface area contributed by atoms with Gasteiger partial charge >= 0.3 is 0 Å². The predicted molar refractivity (Wildman–Crippen MR) is 173 cm³/mol. The normalized spacial score (nSPS) is 11.8. The van der Waals surface area contributed by atoms with Crippen molar-refractivity contribution in [3.05, 3.63) is 124 Å². The summed E-state index contributed by atoms with van der Waals surface area (Å²) in [7, 11) is -1.36. The lowest BCUT2D eigenvalue weighted by Gasteiger charge is -2.34. The molecule has 0 saturated heterocycles. The average Bonchev–Trinajstić information content (AvgIpc) is 3.02. The Morgan fingerprint density at radius 2 is 1.57 bits per heavy atom. The molecule has 0 bridgehead atoms. The van der Waals surface area contributed by atoms with Gasteiger partial charge in [0.25, 0.3) is 10.0 Å². The van der Waals surface area contributed by atoms with Gasteiger partial charge < -0.3 is 15.0 Å². The van der Waals surface area contributed by atoms with Gasteiger partial charge in [-0.15, -0.1) is 0 Å². The number of halogens is 1. The Kier molecular flexibility index (Phi) is 10.7. The van der Waals surface area contributed by atoms with Crippen LogP contribution in [0.4, 0.5) is 5.69 Å². The van der Waals surface area contributed by atoms with E-state index in [1.54, 1.807) is 24.3 Å². The molecule has 0 aromatic heterocycles. The molecule has 44 heavy (non-hydrogen) atoms. The van der Waals surface area contributed by atoms with E-state index in [2.05, 4.69) is 5.32 Å². The lowest BCUT2D eigenvalue weighted by Crippen LogP contribution is -2.53. The van der Waals surface area contributed by atoms with Gasteiger partial charge in [0.15, 0.2) is 0 Å². The highest BCUT2D eigenvalue weighted by Gasteiger charge is 2.35. The van der Waals surface area contributed by atoms with E-state index in [-0.39, 0.29) is 40.2 Å². The summed E-state index contributed by atoms with van der Waals surface area (Å²) in [6.45, 7) is 3.25. The summed E-state index contributed by atoms with van der Waals surface area (Å²) in [5, 5.41) is 2.96. The Hall–Kier alpha value is -4.34. The highest BCUT2D eigenvalue weighted by Crippen LogP contribution is 2.35. The van der Waals surface area contributed by atoms with E-state index in [0.29, 0.717) is 0 Å². The molecule has 0 aliphatic rings. The fourth-order valence-electron chi connectivity index (χ4n) is 4.90. The predicted octanol–water partition coefficient (Wildman–Crippen LogP) is 5.55. The van der Waals surface area contributed by atoms with Crippen LogP contribution < -0.4 is 14.4 Å². The van der Waals surface area contributed by atoms with Crippen molar-refractivity contribution in [1.82, 2.24) is 10.2 Å². The number of amides is 2. The highest BCUT2D eigenvalue weighted by atomic mass is 35.5. The Labute approximate surface area is 264 Å². The number of ether oxygens (including phenoxy) is 1. The molecule has 1 atom stereocenters. The summed E-state index contributed by atoms with van der Waals surface area (Å²) in [6.07, 6.45) is 0.226. The van der Waals surface area contributed by atoms with Crippen LogP contribution in [0.2, 0.25) is 5.02 Å². The molecule has 10 heteroatoms. The van der Waals surface area contributed by atoms with Crippen molar-refractivity contribution < 1.29 is 22.7 Å². The van der Waals surface area contributed by atoms with E-state index in [9.17, 15) is 18.0 Å². The maximum absolute atomic E-state index is 14.5. The van der Waals surface area contributed by atoms with Crippen molar-refractivity contribution in [3.63, 3.8) is 0 Å². The summed E-state index contributed by atoms with van der Waals surface area (Å²) in [6, 6.07) is 27.0. The molecule has 0 fully saturated rings. The van der Waals surface area contributed by atoms with Crippen LogP contribution in [0, 0.1) is 13.8 Å². The number of benzene rings is 4. The molecule has 4 rings (SSSR count). The van der Waals surface area contributed by atoms with E-state index in [1.807, 2.05) is 68.4 Å². The number of hydrogen-bond acceptors (Lipinski definition) is 5. The van der Waals surface area contributed by atoms with Crippen molar-refractivity contribution in [1.29, 1.82) is 0 Å². The summed E-state index contributed by atoms with van der Waals surface area (Å²) in [5.41, 5.74) is 3.59. The molecular formula is C34H36ClN3O5S. The van der Waals surface area contributed by atoms with Crippen LogP contribution in [0.5, 0.6) is 5.75 Å². The van der Waals surface area contributed by atoms with E-state index in [0.717, 1.165) is 26.6 Å². The second-order valence-corrected chi connectivity index (χ2v) is 12.7. The van der Waals surface area contributed by atoms with Crippen molar-refractivity contribution in [2.75, 3.05) is 25.0 Å². The highest BCUT2D eigenvalue weighted by molar-refractivity contribution is 7.92. The molecule has 2 amide bonds. The van der Waals surface area contributed by atoms with Crippen molar-refractivity contribution in [2.45, 2.75) is 37.8 Å². The fraction of sp³-hybridized carbons (Fsp3) is 0.235. The molecule has 0 aliphatic carbocycles. The molecule has 0 radical (unpaired) electrons. The van der Waals surface area contributed by atoms with Crippen LogP contribution >= 0.6 is 11.6 Å². The van der Waals surface area contributed by atoms with Gasteiger partial charge in [0, 0.05) is 25.0 Å². The van der Waals surface area contributed by atoms with E-state index in [4.69, 9.17) is 16.3 Å². The van der Waals surface area contributed by atoms with Gasteiger partial charge in [-0.1, -0.05) is 83.9 Å². The number of carbonyl (C=O) groups excluding carboxylic acids is 2. The molecule has 1 N–H and O–H groups in total. The standard InChI is InChI=1S/C34H36ClN3O5S/c1-24-14-17-29(18-15-24)44(41,42)38(30-21-28(35)16-19-32(30)43-4)23-33(39)37(22-27-13-9-8-10-25(27)2)31(34(40)36-3)20-26-11-6-5-7-12-26/h5-19,21,31H,20,22-23H2,1-4H3,(H,36,40)/t31-/m0/s1. The molecule has 0 heterocycles. The van der Waals surface area contributed by atoms with E-state index < -0.39 is 28.5 Å². The molecular weight excluding hydrogens is 598 g/mol. The molecule has 8 nitrogen and oxygen atoms in total. The lowest BCUT2D eigenvalue weighted by molar-refractivity contribution is -0.139. The van der Waals surface area contributed by atoms with Gasteiger partial charge in [0.1, 0.15) is 18.3 Å². The third-order valence-corrected chi connectivity index (χ3v) is 9.43. The lowest BCUT2D eigenvalue weighted by atomic mass is 10.0. The van der Waals surface area contributed by atoms with Gasteiger partial charge in [-0.25, -0.2) is 8.42 Å². The first kappa shape index (κ1) is 32.6. The zero-order valence-electron chi connectivity index (χ0n) is 25.2. The molecule has 4 aromatic rings. The number of nitrogens with one attached hydrogen (secondary N) is 1. The van der Waals surface area contributed by atoms with Gasteiger partial charge in [-0.05, 0) is 60.9 Å². The van der Waals surface area contributed by atoms with Gasteiger partial charge in [0.05, 0.1) is 17.7 Å². The number of likely N-dealkylation sites (N-methyl/N-ethyl adjacent to an activating group) is 1. The monoisotopic (exact) mass is 633 g/mol. The van der Waals surface area contributed by atoms with Crippen molar-refractivity contribution in [2.24, 2.45) is 0 Å². The first-order valence-corrected chi connectivity index (χ1v) is 15.9. The topological polar surface area (TPSA) is 96.0 Å². The number of sulfonamides is 1. The third kappa shape index (κ3) is 7.59. The maximum Gasteiger partial charge on any atom is 0.264 e. The number of hydrogen-bond donors (Lipinski definition) is 1. The smallest absolute Gasteiger partial charge is 0.264 e. The summed E-state index contributed by atoms with van der Waals surface area (Å²) in [4.78, 5) is 29.3. The minimum atomic E-state index is -4.29. The minimum absolute atomic E-state index is 0.00415. The van der Waals surface area contributed by atoms with Crippen LogP contribution in [0.1, 0.15) is 22.3 Å². The largest absolute Gasteiger partial charge is 0.495 e. The zero-order valence-corrected chi connectivity index (χ0v) is 26.7. The zero-order chi connectivity index (χ0) is 31.9. The Morgan fingerprint density at radius 3 is 2.20 bits per heavy atom. The molecule has 0 unspecified atom stereocenters. The SMILES string of the molecule is CNC(=O)[C@H](Cc1ccccc1)N(Cc1ccccc1C)C(=O)CN(c1cc(Cl)ccc1OC)S(=O)(=O)c1ccc(C)cc1. The maximum atomic E-state index is 14.5. The van der Waals surface area contributed by atoms with Crippen LogP contribution in [-0.4, -0.2) is 51.9 Å². The van der Waals surface area contributed by atoms with Gasteiger partial charge in [-0.3, -0.25) is 13.9 Å². The van der Waals surface area contributed by atoms with Gasteiger partial charge in [0.2, 0.25) is 11.8 Å². The van der Waals surface area contributed by atoms with Crippen LogP contribution in [0.3, 0.4) is 0 Å². The summed E-state index contributed by atoms with van der Waals surface area (Å²) in [5.74, 6) is -0.727. The average molecular weight is 634 g/mol.